The molecule has 1 atom stereocenters. The molecule has 0 bridgehead atoms. The van der Waals surface area contributed by atoms with E-state index in [2.05, 4.69) is 21.4 Å². The van der Waals surface area contributed by atoms with Gasteiger partial charge in [-0.25, -0.2) is 4.39 Å². The highest BCUT2D eigenvalue weighted by Crippen LogP contribution is 2.17. The lowest BCUT2D eigenvalue weighted by molar-refractivity contribution is 0.263. The molecule has 0 saturated heterocycles. The van der Waals surface area contributed by atoms with Gasteiger partial charge in [-0.1, -0.05) is 34.1 Å². The van der Waals surface area contributed by atoms with Gasteiger partial charge >= 0.3 is 0 Å². The number of nitrogens with two attached hydrogens (primary N) is 1. The lowest BCUT2D eigenvalue weighted by Gasteiger charge is -2.17. The van der Waals surface area contributed by atoms with Crippen LogP contribution in [0.1, 0.15) is 5.56 Å². The van der Waals surface area contributed by atoms with Crippen LogP contribution in [-0.2, 0) is 6.42 Å². The minimum absolute atomic E-state index is 0.168. The number of hydrazine groups is 1. The molecule has 0 heterocycles. The van der Waals surface area contributed by atoms with Gasteiger partial charge in [0, 0.05) is 4.47 Å². The molecule has 2 rings (SSSR count). The topological polar surface area (TPSA) is 47.3 Å². The first-order valence-corrected chi connectivity index (χ1v) is 7.06. The summed E-state index contributed by atoms with van der Waals surface area (Å²) in [7, 11) is 0. The van der Waals surface area contributed by atoms with E-state index in [9.17, 15) is 4.39 Å². The Morgan fingerprint density at radius 3 is 2.65 bits per heavy atom. The maximum absolute atomic E-state index is 13.7. The van der Waals surface area contributed by atoms with Crippen LogP contribution in [0.2, 0.25) is 0 Å². The molecule has 0 amide bonds. The van der Waals surface area contributed by atoms with Crippen LogP contribution in [0.5, 0.6) is 5.75 Å². The average molecular weight is 339 g/mol. The van der Waals surface area contributed by atoms with E-state index in [1.54, 1.807) is 12.1 Å². The van der Waals surface area contributed by atoms with Crippen LogP contribution in [-0.4, -0.2) is 12.6 Å². The summed E-state index contributed by atoms with van der Waals surface area (Å²) in [6, 6.07) is 14.1. The van der Waals surface area contributed by atoms with Crippen LogP contribution in [0.25, 0.3) is 0 Å². The molecule has 2 aromatic rings. The normalized spacial score (nSPS) is 12.2. The Hall–Kier alpha value is -1.43. The molecule has 0 spiro atoms. The minimum Gasteiger partial charge on any atom is -0.492 e. The van der Waals surface area contributed by atoms with Crippen LogP contribution >= 0.6 is 15.9 Å². The Bertz CT molecular complexity index is 551. The molecule has 1 unspecified atom stereocenters. The molecule has 0 aliphatic heterocycles. The summed E-state index contributed by atoms with van der Waals surface area (Å²) in [4.78, 5) is 0. The summed E-state index contributed by atoms with van der Waals surface area (Å²) in [5.41, 5.74) is 3.26. The number of hydrogen-bond donors (Lipinski definition) is 2. The molecule has 2 aromatic carbocycles. The Morgan fingerprint density at radius 2 is 1.95 bits per heavy atom. The predicted molar refractivity (Wildman–Crippen MR) is 80.9 cm³/mol. The van der Waals surface area contributed by atoms with E-state index in [0.29, 0.717) is 18.6 Å². The van der Waals surface area contributed by atoms with Crippen molar-refractivity contribution in [2.45, 2.75) is 12.5 Å². The first-order chi connectivity index (χ1) is 9.69. The Balaban J connectivity index is 1.97. The Kier molecular flexibility index (Phi) is 5.52. The van der Waals surface area contributed by atoms with Crippen molar-refractivity contribution in [1.29, 1.82) is 0 Å². The molecule has 3 N–H and O–H groups in total. The van der Waals surface area contributed by atoms with Crippen molar-refractivity contribution < 1.29 is 9.13 Å². The zero-order valence-electron chi connectivity index (χ0n) is 10.9. The van der Waals surface area contributed by atoms with E-state index in [1.807, 2.05) is 30.3 Å². The molecular weight excluding hydrogens is 323 g/mol. The van der Waals surface area contributed by atoms with Gasteiger partial charge in [0.1, 0.15) is 18.2 Å². The second kappa shape index (κ2) is 7.38. The first kappa shape index (κ1) is 15.0. The number of hydrogen-bond acceptors (Lipinski definition) is 3. The SMILES string of the molecule is NNC(COc1ccccc1)Cc1cc(Br)ccc1F. The van der Waals surface area contributed by atoms with Crippen LogP contribution in [0.4, 0.5) is 4.39 Å². The summed E-state index contributed by atoms with van der Waals surface area (Å²) in [6.07, 6.45) is 0.453. The molecule has 106 valence electrons. The highest BCUT2D eigenvalue weighted by Gasteiger charge is 2.12. The smallest absolute Gasteiger partial charge is 0.126 e. The standard InChI is InChI=1S/C15H16BrFN2O/c16-12-6-7-15(17)11(8-12)9-13(19-18)10-20-14-4-2-1-3-5-14/h1-8,13,19H,9-10,18H2. The third kappa shape index (κ3) is 4.30. The molecular formula is C15H16BrFN2O. The molecule has 0 aromatic heterocycles. The summed E-state index contributed by atoms with van der Waals surface area (Å²) < 4.78 is 20.2. The fourth-order valence-corrected chi connectivity index (χ4v) is 2.25. The number of halogens is 2. The fourth-order valence-electron chi connectivity index (χ4n) is 1.84. The summed E-state index contributed by atoms with van der Waals surface area (Å²) >= 11 is 3.33. The molecule has 0 aliphatic carbocycles. The van der Waals surface area contributed by atoms with E-state index in [-0.39, 0.29) is 11.9 Å². The van der Waals surface area contributed by atoms with Crippen molar-refractivity contribution in [3.05, 3.63) is 64.4 Å². The van der Waals surface area contributed by atoms with Gasteiger partial charge in [0.05, 0.1) is 6.04 Å². The Morgan fingerprint density at radius 1 is 1.20 bits per heavy atom. The second-order valence-corrected chi connectivity index (χ2v) is 5.34. The van der Waals surface area contributed by atoms with Crippen molar-refractivity contribution in [2.24, 2.45) is 5.84 Å². The van der Waals surface area contributed by atoms with Gasteiger partial charge in [-0.2, -0.15) is 0 Å². The van der Waals surface area contributed by atoms with Gasteiger partial charge < -0.3 is 4.74 Å². The van der Waals surface area contributed by atoms with E-state index < -0.39 is 0 Å². The number of ether oxygens (including phenoxy) is 1. The molecule has 0 saturated carbocycles. The average Bonchev–Trinajstić information content (AvgIpc) is 2.48. The van der Waals surface area contributed by atoms with E-state index in [0.717, 1.165) is 10.2 Å². The highest BCUT2D eigenvalue weighted by atomic mass is 79.9. The Labute approximate surface area is 126 Å². The van der Waals surface area contributed by atoms with E-state index in [4.69, 9.17) is 10.6 Å². The minimum atomic E-state index is -0.242. The first-order valence-electron chi connectivity index (χ1n) is 6.27. The van der Waals surface area contributed by atoms with Crippen molar-refractivity contribution in [2.75, 3.05) is 6.61 Å². The molecule has 0 fully saturated rings. The fraction of sp³-hybridized carbons (Fsp3) is 0.200. The van der Waals surface area contributed by atoms with Crippen molar-refractivity contribution in [3.8, 4) is 5.75 Å². The largest absolute Gasteiger partial charge is 0.492 e. The van der Waals surface area contributed by atoms with Gasteiger partial charge in [0.15, 0.2) is 0 Å². The predicted octanol–water partition coefficient (Wildman–Crippen LogP) is 3.04. The quantitative estimate of drug-likeness (QED) is 0.628. The summed E-state index contributed by atoms with van der Waals surface area (Å²) in [6.45, 7) is 0.368. The lowest BCUT2D eigenvalue weighted by atomic mass is 10.1. The molecule has 5 heteroatoms. The zero-order chi connectivity index (χ0) is 14.4. The van der Waals surface area contributed by atoms with Crippen molar-refractivity contribution in [3.63, 3.8) is 0 Å². The van der Waals surface area contributed by atoms with Crippen LogP contribution in [0, 0.1) is 5.82 Å². The van der Waals surface area contributed by atoms with Crippen molar-refractivity contribution >= 4 is 15.9 Å². The summed E-state index contributed by atoms with van der Waals surface area (Å²) in [5.74, 6) is 6.03. The molecule has 3 nitrogen and oxygen atoms in total. The van der Waals surface area contributed by atoms with Gasteiger partial charge in [-0.3, -0.25) is 11.3 Å². The third-order valence-electron chi connectivity index (χ3n) is 2.90. The number of rotatable bonds is 6. The number of benzene rings is 2. The van der Waals surface area contributed by atoms with Crippen molar-refractivity contribution in [1.82, 2.24) is 5.43 Å². The third-order valence-corrected chi connectivity index (χ3v) is 3.40. The summed E-state index contributed by atoms with van der Waals surface area (Å²) in [5, 5.41) is 0. The maximum Gasteiger partial charge on any atom is 0.126 e. The van der Waals surface area contributed by atoms with Gasteiger partial charge in [0.2, 0.25) is 0 Å². The number of nitrogens with one attached hydrogen (secondary N) is 1. The van der Waals surface area contributed by atoms with E-state index >= 15 is 0 Å². The zero-order valence-corrected chi connectivity index (χ0v) is 12.4. The van der Waals surface area contributed by atoms with Gasteiger partial charge in [-0.15, -0.1) is 0 Å². The monoisotopic (exact) mass is 338 g/mol. The van der Waals surface area contributed by atoms with E-state index in [1.165, 1.54) is 6.07 Å². The van der Waals surface area contributed by atoms with Gasteiger partial charge in [0.25, 0.3) is 0 Å². The highest BCUT2D eigenvalue weighted by molar-refractivity contribution is 9.10. The molecule has 0 aliphatic rings. The maximum atomic E-state index is 13.7. The second-order valence-electron chi connectivity index (χ2n) is 4.43. The number of para-hydroxylation sites is 1. The molecule has 20 heavy (non-hydrogen) atoms. The van der Waals surface area contributed by atoms with Crippen LogP contribution in [0.3, 0.4) is 0 Å². The molecule has 0 radical (unpaired) electrons. The van der Waals surface area contributed by atoms with Crippen LogP contribution < -0.4 is 16.0 Å². The lowest BCUT2D eigenvalue weighted by Crippen LogP contribution is -2.41. The van der Waals surface area contributed by atoms with Gasteiger partial charge in [-0.05, 0) is 42.3 Å². The van der Waals surface area contributed by atoms with Crippen LogP contribution in [0.15, 0.2) is 53.0 Å².